The molecule has 0 radical (unpaired) electrons. The predicted molar refractivity (Wildman–Crippen MR) is 101 cm³/mol. The van der Waals surface area contributed by atoms with Gasteiger partial charge in [-0.05, 0) is 43.2 Å². The lowest BCUT2D eigenvalue weighted by atomic mass is 9.73. The van der Waals surface area contributed by atoms with Crippen molar-refractivity contribution in [2.24, 2.45) is 11.8 Å². The van der Waals surface area contributed by atoms with Gasteiger partial charge in [-0.15, -0.1) is 0 Å². The van der Waals surface area contributed by atoms with Gasteiger partial charge < -0.3 is 10.4 Å². The molecule has 0 bridgehead atoms. The van der Waals surface area contributed by atoms with Crippen LogP contribution in [0, 0.1) is 11.8 Å². The zero-order valence-electron chi connectivity index (χ0n) is 14.7. The lowest BCUT2D eigenvalue weighted by Gasteiger charge is -2.31. The number of benzene rings is 2. The fourth-order valence-electron chi connectivity index (χ4n) is 3.01. The highest BCUT2D eigenvalue weighted by atomic mass is 32.2. The van der Waals surface area contributed by atoms with Crippen LogP contribution >= 0.6 is 0 Å². The van der Waals surface area contributed by atoms with Gasteiger partial charge in [0.1, 0.15) is 0 Å². The zero-order chi connectivity index (χ0) is 19.6. The molecule has 8 heteroatoms. The summed E-state index contributed by atoms with van der Waals surface area (Å²) in [6, 6.07) is 14.6. The number of anilines is 2. The number of carbonyl (C=O) groups excluding carboxylic acids is 1. The Morgan fingerprint density at radius 2 is 1.70 bits per heavy atom. The van der Waals surface area contributed by atoms with E-state index in [-0.39, 0.29) is 4.90 Å². The maximum Gasteiger partial charge on any atom is 0.307 e. The minimum absolute atomic E-state index is 0.0371. The first-order valence-corrected chi connectivity index (χ1v) is 9.92. The summed E-state index contributed by atoms with van der Waals surface area (Å²) in [4.78, 5) is 23.4. The molecule has 1 aliphatic carbocycles. The van der Waals surface area contributed by atoms with Gasteiger partial charge in [-0.3, -0.25) is 13.9 Å². The molecule has 1 saturated carbocycles. The van der Waals surface area contributed by atoms with E-state index in [1.54, 1.807) is 36.4 Å². The summed E-state index contributed by atoms with van der Waals surface area (Å²) >= 11 is 0. The lowest BCUT2D eigenvalue weighted by molar-refractivity contribution is -0.151. The van der Waals surface area contributed by atoms with E-state index >= 15 is 0 Å². The van der Waals surface area contributed by atoms with Gasteiger partial charge >= 0.3 is 5.97 Å². The molecule has 1 aliphatic rings. The largest absolute Gasteiger partial charge is 0.481 e. The second kappa shape index (κ2) is 7.40. The van der Waals surface area contributed by atoms with Crippen molar-refractivity contribution in [2.75, 3.05) is 16.7 Å². The van der Waals surface area contributed by atoms with E-state index in [2.05, 4.69) is 5.32 Å². The van der Waals surface area contributed by atoms with Crippen molar-refractivity contribution in [3.63, 3.8) is 0 Å². The van der Waals surface area contributed by atoms with Crippen LogP contribution in [0.25, 0.3) is 0 Å². The van der Waals surface area contributed by atoms with Crippen molar-refractivity contribution in [3.8, 4) is 0 Å². The highest BCUT2D eigenvalue weighted by Crippen LogP contribution is 2.35. The third kappa shape index (κ3) is 3.80. The molecule has 0 aliphatic heterocycles. The maximum absolute atomic E-state index is 12.8. The van der Waals surface area contributed by atoms with Crippen LogP contribution in [0.15, 0.2) is 59.5 Å². The summed E-state index contributed by atoms with van der Waals surface area (Å²) in [6.07, 6.45) is 0.987. The normalized spacial score (nSPS) is 19.0. The molecule has 0 saturated heterocycles. The highest BCUT2D eigenvalue weighted by Gasteiger charge is 2.41. The number of nitrogens with one attached hydrogen (secondary N) is 1. The first-order valence-electron chi connectivity index (χ1n) is 8.48. The summed E-state index contributed by atoms with van der Waals surface area (Å²) in [5, 5.41) is 11.7. The smallest absolute Gasteiger partial charge is 0.307 e. The predicted octanol–water partition coefficient (Wildman–Crippen LogP) is 2.56. The number of sulfonamides is 1. The minimum atomic E-state index is -3.80. The number of carboxylic acid groups (broad SMARTS) is 1. The van der Waals surface area contributed by atoms with E-state index in [4.69, 9.17) is 5.11 Å². The number of hydrogen-bond acceptors (Lipinski definition) is 4. The summed E-state index contributed by atoms with van der Waals surface area (Å²) in [6.45, 7) is 0. The molecule has 7 nitrogen and oxygen atoms in total. The Hall–Kier alpha value is -2.87. The Kier molecular flexibility index (Phi) is 5.18. The Labute approximate surface area is 157 Å². The molecule has 0 heterocycles. The molecule has 1 fully saturated rings. The molecule has 2 unspecified atom stereocenters. The Bertz CT molecular complexity index is 959. The molecular weight excluding hydrogens is 368 g/mol. The molecule has 2 N–H and O–H groups in total. The van der Waals surface area contributed by atoms with Gasteiger partial charge in [-0.25, -0.2) is 8.42 Å². The van der Waals surface area contributed by atoms with Gasteiger partial charge in [0.15, 0.2) is 0 Å². The average molecular weight is 388 g/mol. The van der Waals surface area contributed by atoms with Crippen LogP contribution < -0.4 is 9.62 Å². The quantitative estimate of drug-likeness (QED) is 0.791. The number of carbonyl (C=O) groups is 2. The van der Waals surface area contributed by atoms with Crippen molar-refractivity contribution in [1.82, 2.24) is 0 Å². The lowest BCUT2D eigenvalue weighted by Crippen LogP contribution is -2.41. The first-order chi connectivity index (χ1) is 12.8. The second-order valence-electron chi connectivity index (χ2n) is 6.45. The molecule has 2 aromatic rings. The molecule has 0 spiro atoms. The third-order valence-corrected chi connectivity index (χ3v) is 6.59. The van der Waals surface area contributed by atoms with Gasteiger partial charge in [0.25, 0.3) is 10.0 Å². The number of para-hydroxylation sites is 1. The van der Waals surface area contributed by atoms with Crippen molar-refractivity contribution in [1.29, 1.82) is 0 Å². The number of carboxylic acids is 1. The summed E-state index contributed by atoms with van der Waals surface area (Å²) in [5.41, 5.74) is 0.837. The standard InChI is InChI=1S/C19H20N2O5S/c1-21(14-7-3-2-4-8-14)27(25,26)15-9-5-6-13(12-15)20-18(22)16-10-11-17(16)19(23)24/h2-9,12,16-17H,10-11H2,1H3,(H,20,22)(H,23,24). The third-order valence-electron chi connectivity index (χ3n) is 4.81. The van der Waals surface area contributed by atoms with Gasteiger partial charge in [0, 0.05) is 12.7 Å². The first kappa shape index (κ1) is 18.9. The van der Waals surface area contributed by atoms with Gasteiger partial charge in [-0.1, -0.05) is 24.3 Å². The Balaban J connectivity index is 1.79. The molecule has 3 rings (SSSR count). The number of amides is 1. The zero-order valence-corrected chi connectivity index (χ0v) is 15.5. The van der Waals surface area contributed by atoms with Crippen molar-refractivity contribution in [3.05, 3.63) is 54.6 Å². The molecule has 0 aromatic heterocycles. The highest BCUT2D eigenvalue weighted by molar-refractivity contribution is 7.92. The number of nitrogens with zero attached hydrogens (tertiary/aromatic N) is 1. The van der Waals surface area contributed by atoms with E-state index < -0.39 is 33.7 Å². The monoisotopic (exact) mass is 388 g/mol. The number of hydrogen-bond donors (Lipinski definition) is 2. The maximum atomic E-state index is 12.8. The molecule has 2 atom stereocenters. The summed E-state index contributed by atoms with van der Waals surface area (Å²) in [7, 11) is -2.34. The topological polar surface area (TPSA) is 104 Å². The van der Waals surface area contributed by atoms with Crippen molar-refractivity contribution >= 4 is 33.3 Å². The molecular formula is C19H20N2O5S. The van der Waals surface area contributed by atoms with Crippen LogP contribution in [0.5, 0.6) is 0 Å². The van der Waals surface area contributed by atoms with Crippen LogP contribution in [0.3, 0.4) is 0 Å². The van der Waals surface area contributed by atoms with E-state index in [1.807, 2.05) is 0 Å². The Morgan fingerprint density at radius 1 is 1.04 bits per heavy atom. The van der Waals surface area contributed by atoms with Gasteiger partial charge in [0.2, 0.25) is 5.91 Å². The van der Waals surface area contributed by atoms with Crippen LogP contribution in [-0.2, 0) is 19.6 Å². The summed E-state index contributed by atoms with van der Waals surface area (Å²) in [5.74, 6) is -2.65. The van der Waals surface area contributed by atoms with Crippen LogP contribution in [0.2, 0.25) is 0 Å². The fourth-order valence-corrected chi connectivity index (χ4v) is 4.26. The summed E-state index contributed by atoms with van der Waals surface area (Å²) < 4.78 is 26.9. The van der Waals surface area contributed by atoms with Crippen LogP contribution in [0.4, 0.5) is 11.4 Å². The van der Waals surface area contributed by atoms with Gasteiger partial charge in [0.05, 0.1) is 22.4 Å². The van der Waals surface area contributed by atoms with E-state index in [1.165, 1.54) is 29.6 Å². The molecule has 27 heavy (non-hydrogen) atoms. The van der Waals surface area contributed by atoms with Crippen LogP contribution in [0.1, 0.15) is 12.8 Å². The Morgan fingerprint density at radius 3 is 2.30 bits per heavy atom. The molecule has 2 aromatic carbocycles. The number of rotatable bonds is 6. The minimum Gasteiger partial charge on any atom is -0.481 e. The van der Waals surface area contributed by atoms with Crippen molar-refractivity contribution in [2.45, 2.75) is 17.7 Å². The van der Waals surface area contributed by atoms with Crippen LogP contribution in [-0.4, -0.2) is 32.4 Å². The SMILES string of the molecule is CN(c1ccccc1)S(=O)(=O)c1cccc(NC(=O)C2CCC2C(=O)O)c1. The molecule has 142 valence electrons. The van der Waals surface area contributed by atoms with E-state index in [0.717, 1.165) is 0 Å². The second-order valence-corrected chi connectivity index (χ2v) is 8.42. The average Bonchev–Trinajstić information content (AvgIpc) is 2.60. The fraction of sp³-hybridized carbons (Fsp3) is 0.263. The van der Waals surface area contributed by atoms with Gasteiger partial charge in [-0.2, -0.15) is 0 Å². The number of aliphatic carboxylic acids is 1. The van der Waals surface area contributed by atoms with E-state index in [0.29, 0.717) is 24.2 Å². The van der Waals surface area contributed by atoms with E-state index in [9.17, 15) is 18.0 Å². The molecule has 1 amide bonds. The van der Waals surface area contributed by atoms with Crippen molar-refractivity contribution < 1.29 is 23.1 Å².